The third kappa shape index (κ3) is 5.10. The van der Waals surface area contributed by atoms with E-state index < -0.39 is 0 Å². The van der Waals surface area contributed by atoms with Gasteiger partial charge in [-0.2, -0.15) is 5.26 Å². The van der Waals surface area contributed by atoms with Gasteiger partial charge in [-0.3, -0.25) is 14.6 Å². The van der Waals surface area contributed by atoms with Crippen LogP contribution in [0, 0.1) is 11.3 Å². The number of amides is 1. The molecule has 0 bridgehead atoms. The molecule has 0 spiro atoms. The second kappa shape index (κ2) is 10.0. The molecule has 0 atom stereocenters. The molecule has 0 saturated carbocycles. The van der Waals surface area contributed by atoms with Crippen LogP contribution in [0.3, 0.4) is 0 Å². The van der Waals surface area contributed by atoms with Gasteiger partial charge in [-0.25, -0.2) is 4.98 Å². The number of nitrogens with zero attached hydrogens (tertiary/aromatic N) is 4. The average Bonchev–Trinajstić information content (AvgIpc) is 3.25. The monoisotopic (exact) mass is 434 g/mol. The minimum atomic E-state index is -0.0822. The molecule has 1 aliphatic rings. The van der Waals surface area contributed by atoms with Crippen LogP contribution in [0.25, 0.3) is 10.2 Å². The van der Waals surface area contributed by atoms with Crippen molar-refractivity contribution in [2.45, 2.75) is 19.8 Å². The zero-order valence-corrected chi connectivity index (χ0v) is 18.5. The fourth-order valence-electron chi connectivity index (χ4n) is 3.70. The van der Waals surface area contributed by atoms with Gasteiger partial charge in [0.15, 0.2) is 5.13 Å². The van der Waals surface area contributed by atoms with Crippen molar-refractivity contribution >= 4 is 32.6 Å². The lowest BCUT2D eigenvalue weighted by atomic mass is 10.1. The second-order valence-electron chi connectivity index (χ2n) is 7.61. The molecule has 2 aromatic carbocycles. The lowest BCUT2D eigenvalue weighted by molar-refractivity contribution is 0.0376. The minimum absolute atomic E-state index is 0.0822. The van der Waals surface area contributed by atoms with Gasteiger partial charge in [0.2, 0.25) is 0 Å². The maximum atomic E-state index is 13.4. The Labute approximate surface area is 186 Å². The number of fused-ring (bicyclic) bond motifs is 1. The summed E-state index contributed by atoms with van der Waals surface area (Å²) in [6, 6.07) is 15.2. The number of aryl methyl sites for hydroxylation is 1. The van der Waals surface area contributed by atoms with Crippen molar-refractivity contribution in [1.29, 1.82) is 5.26 Å². The molecule has 1 fully saturated rings. The summed E-state index contributed by atoms with van der Waals surface area (Å²) in [6.07, 6.45) is 1.83. The van der Waals surface area contributed by atoms with Gasteiger partial charge in [-0.05, 0) is 54.8 Å². The van der Waals surface area contributed by atoms with Crippen LogP contribution in [0.5, 0.6) is 0 Å². The summed E-state index contributed by atoms with van der Waals surface area (Å²) in [5.41, 5.74) is 3.30. The quantitative estimate of drug-likeness (QED) is 0.560. The summed E-state index contributed by atoms with van der Waals surface area (Å²) in [7, 11) is 0. The van der Waals surface area contributed by atoms with E-state index in [9.17, 15) is 4.79 Å². The Morgan fingerprint density at radius 1 is 1.23 bits per heavy atom. The highest BCUT2D eigenvalue weighted by molar-refractivity contribution is 7.22. The topological polar surface area (TPSA) is 69.5 Å². The van der Waals surface area contributed by atoms with E-state index in [0.717, 1.165) is 61.0 Å². The van der Waals surface area contributed by atoms with E-state index in [1.165, 1.54) is 5.56 Å². The third-order valence-corrected chi connectivity index (χ3v) is 6.59. The number of carbonyl (C=O) groups excluding carboxylic acids is 1. The Morgan fingerprint density at radius 2 is 2.00 bits per heavy atom. The predicted octanol–water partition coefficient (Wildman–Crippen LogP) is 4.10. The smallest absolute Gasteiger partial charge is 0.260 e. The summed E-state index contributed by atoms with van der Waals surface area (Å²) < 4.78 is 6.52. The molecule has 0 aliphatic carbocycles. The number of carbonyl (C=O) groups is 1. The van der Waals surface area contributed by atoms with Gasteiger partial charge in [0, 0.05) is 31.7 Å². The molecule has 0 radical (unpaired) electrons. The second-order valence-corrected chi connectivity index (χ2v) is 8.61. The number of thiazole rings is 1. The molecule has 1 amide bonds. The van der Waals surface area contributed by atoms with Crippen molar-refractivity contribution in [1.82, 2.24) is 9.88 Å². The van der Waals surface area contributed by atoms with Crippen LogP contribution in [0.4, 0.5) is 5.13 Å². The van der Waals surface area contributed by atoms with Crippen LogP contribution in [-0.4, -0.2) is 55.2 Å². The first-order valence-electron chi connectivity index (χ1n) is 10.7. The van der Waals surface area contributed by atoms with Gasteiger partial charge < -0.3 is 4.74 Å². The third-order valence-electron chi connectivity index (χ3n) is 5.55. The van der Waals surface area contributed by atoms with Crippen molar-refractivity contribution < 1.29 is 9.53 Å². The number of benzene rings is 2. The Balaban J connectivity index is 1.57. The van der Waals surface area contributed by atoms with E-state index in [1.807, 2.05) is 6.07 Å². The van der Waals surface area contributed by atoms with Crippen LogP contribution >= 0.6 is 11.3 Å². The maximum Gasteiger partial charge on any atom is 0.260 e. The number of hydrogen-bond donors (Lipinski definition) is 0. The molecular weight excluding hydrogens is 408 g/mol. The molecule has 0 unspecified atom stereocenters. The number of nitriles is 1. The van der Waals surface area contributed by atoms with Crippen molar-refractivity contribution in [3.8, 4) is 6.07 Å². The molecule has 1 saturated heterocycles. The summed E-state index contributed by atoms with van der Waals surface area (Å²) in [6.45, 7) is 7.06. The van der Waals surface area contributed by atoms with Gasteiger partial charge in [-0.1, -0.05) is 24.3 Å². The lowest BCUT2D eigenvalue weighted by Gasteiger charge is -2.27. The van der Waals surface area contributed by atoms with Gasteiger partial charge in [-0.15, -0.1) is 0 Å². The van der Waals surface area contributed by atoms with E-state index in [1.54, 1.807) is 40.5 Å². The average molecular weight is 435 g/mol. The largest absolute Gasteiger partial charge is 0.379 e. The van der Waals surface area contributed by atoms with Gasteiger partial charge in [0.25, 0.3) is 5.91 Å². The molecule has 1 aliphatic heterocycles. The fraction of sp³-hybridized carbons (Fsp3) is 0.375. The summed E-state index contributed by atoms with van der Waals surface area (Å²) in [4.78, 5) is 22.3. The molecule has 2 heterocycles. The zero-order valence-electron chi connectivity index (χ0n) is 17.7. The van der Waals surface area contributed by atoms with Crippen LogP contribution < -0.4 is 4.90 Å². The maximum absolute atomic E-state index is 13.4. The SMILES string of the molecule is CCc1ccc2nc(N(CCCN3CCOCC3)C(=O)c3ccc(C#N)cc3)sc2c1. The van der Waals surface area contributed by atoms with E-state index in [-0.39, 0.29) is 5.91 Å². The lowest BCUT2D eigenvalue weighted by Crippen LogP contribution is -2.39. The highest BCUT2D eigenvalue weighted by atomic mass is 32.1. The van der Waals surface area contributed by atoms with Gasteiger partial charge in [0.05, 0.1) is 35.1 Å². The minimum Gasteiger partial charge on any atom is -0.379 e. The summed E-state index contributed by atoms with van der Waals surface area (Å²) in [5.74, 6) is -0.0822. The number of aromatic nitrogens is 1. The number of ether oxygens (including phenoxy) is 1. The highest BCUT2D eigenvalue weighted by Gasteiger charge is 2.22. The normalized spacial score (nSPS) is 14.5. The molecule has 3 aromatic rings. The van der Waals surface area contributed by atoms with Crippen LogP contribution in [0.2, 0.25) is 0 Å². The van der Waals surface area contributed by atoms with Crippen molar-refractivity contribution in [2.75, 3.05) is 44.3 Å². The number of anilines is 1. The molecule has 31 heavy (non-hydrogen) atoms. The fourth-order valence-corrected chi connectivity index (χ4v) is 4.75. The Morgan fingerprint density at radius 3 is 2.71 bits per heavy atom. The molecule has 1 aromatic heterocycles. The van der Waals surface area contributed by atoms with Gasteiger partial charge in [0.1, 0.15) is 0 Å². The van der Waals surface area contributed by atoms with Crippen molar-refractivity contribution in [2.24, 2.45) is 0 Å². The summed E-state index contributed by atoms with van der Waals surface area (Å²) in [5, 5.41) is 9.77. The van der Waals surface area contributed by atoms with E-state index >= 15 is 0 Å². The number of hydrogen-bond acceptors (Lipinski definition) is 6. The molecule has 0 N–H and O–H groups in total. The first kappa shape index (κ1) is 21.4. The zero-order chi connectivity index (χ0) is 21.6. The molecule has 4 rings (SSSR count). The van der Waals surface area contributed by atoms with E-state index in [2.05, 4.69) is 30.0 Å². The van der Waals surface area contributed by atoms with Crippen LogP contribution in [0.15, 0.2) is 42.5 Å². The van der Waals surface area contributed by atoms with E-state index in [4.69, 9.17) is 15.0 Å². The standard InChI is InChI=1S/C24H26N4O2S/c1-2-18-6-9-21-22(16-18)31-24(26-21)28(11-3-10-27-12-14-30-15-13-27)23(29)20-7-4-19(17-25)5-8-20/h4-9,16H,2-3,10-15H2,1H3. The number of morpholine rings is 1. The molecular formula is C24H26N4O2S. The van der Waals surface area contributed by atoms with Crippen LogP contribution in [0.1, 0.15) is 34.8 Å². The molecule has 6 nitrogen and oxygen atoms in total. The highest BCUT2D eigenvalue weighted by Crippen LogP contribution is 2.31. The Hall–Kier alpha value is -2.79. The Bertz CT molecular complexity index is 1080. The molecule has 7 heteroatoms. The summed E-state index contributed by atoms with van der Waals surface area (Å²) >= 11 is 1.56. The van der Waals surface area contributed by atoms with E-state index in [0.29, 0.717) is 17.7 Å². The van der Waals surface area contributed by atoms with Crippen molar-refractivity contribution in [3.63, 3.8) is 0 Å². The first-order valence-corrected chi connectivity index (χ1v) is 11.5. The van der Waals surface area contributed by atoms with Crippen LogP contribution in [-0.2, 0) is 11.2 Å². The Kier molecular flexibility index (Phi) is 6.92. The van der Waals surface area contributed by atoms with Crippen molar-refractivity contribution in [3.05, 3.63) is 59.2 Å². The number of rotatable bonds is 7. The predicted molar refractivity (Wildman–Crippen MR) is 124 cm³/mol. The first-order chi connectivity index (χ1) is 15.2. The van der Waals surface area contributed by atoms with Gasteiger partial charge >= 0.3 is 0 Å². The molecule has 160 valence electrons.